The van der Waals surface area contributed by atoms with Crippen LogP contribution in [0.15, 0.2) is 38.0 Å². The number of phenolic OH excluding ortho intramolecular Hbond substituents is 1. The Balaban J connectivity index is 2.31. The number of benzene rings is 2. The molecule has 0 aliphatic rings. The Labute approximate surface area is 151 Å². The summed E-state index contributed by atoms with van der Waals surface area (Å²) >= 11 is 18.5. The van der Waals surface area contributed by atoms with Crippen LogP contribution in [0.25, 0.3) is 22.3 Å². The van der Waals surface area contributed by atoms with Crippen LogP contribution in [0.1, 0.15) is 0 Å². The molecule has 1 aromatic heterocycles. The van der Waals surface area contributed by atoms with Gasteiger partial charge in [-0.2, -0.15) is 0 Å². The number of fused-ring (bicyclic) bond motifs is 1. The van der Waals surface area contributed by atoms with Crippen molar-refractivity contribution < 1.29 is 5.11 Å². The predicted molar refractivity (Wildman–Crippen MR) is 94.9 cm³/mol. The first kappa shape index (κ1) is 15.8. The summed E-state index contributed by atoms with van der Waals surface area (Å²) in [5.41, 5.74) is 0.728. The maximum Gasteiger partial charge on any atom is 0.259 e. The molecule has 112 valence electrons. The second-order valence-electron chi connectivity index (χ2n) is 4.49. The second kappa shape index (κ2) is 5.85. The summed E-state index contributed by atoms with van der Waals surface area (Å²) in [7, 11) is 0. The van der Waals surface area contributed by atoms with Crippen molar-refractivity contribution >= 4 is 66.0 Å². The molecular weight excluding hydrogens is 459 g/mol. The van der Waals surface area contributed by atoms with Crippen LogP contribution in [-0.4, -0.2) is 15.1 Å². The van der Waals surface area contributed by atoms with E-state index >= 15 is 0 Å². The third kappa shape index (κ3) is 2.76. The first-order valence-electron chi connectivity index (χ1n) is 5.94. The van der Waals surface area contributed by atoms with E-state index in [4.69, 9.17) is 23.2 Å². The molecule has 0 fully saturated rings. The zero-order valence-electron chi connectivity index (χ0n) is 10.6. The lowest BCUT2D eigenvalue weighted by Crippen LogP contribution is -2.10. The van der Waals surface area contributed by atoms with E-state index in [9.17, 15) is 9.90 Å². The van der Waals surface area contributed by atoms with Gasteiger partial charge in [0.1, 0.15) is 5.82 Å². The largest absolute Gasteiger partial charge is 0.505 e. The number of aromatic hydroxyl groups is 1. The highest BCUT2D eigenvalue weighted by Crippen LogP contribution is 2.36. The molecule has 0 saturated carbocycles. The number of hydrogen-bond donors (Lipinski definition) is 2. The number of hydrogen-bond acceptors (Lipinski definition) is 3. The Morgan fingerprint density at radius 2 is 1.73 bits per heavy atom. The highest BCUT2D eigenvalue weighted by molar-refractivity contribution is 9.11. The van der Waals surface area contributed by atoms with Gasteiger partial charge < -0.3 is 10.1 Å². The van der Waals surface area contributed by atoms with Gasteiger partial charge in [-0.1, -0.05) is 39.1 Å². The van der Waals surface area contributed by atoms with E-state index < -0.39 is 0 Å². The van der Waals surface area contributed by atoms with E-state index in [1.807, 2.05) is 0 Å². The minimum atomic E-state index is -0.290. The molecule has 1 heterocycles. The fourth-order valence-corrected chi connectivity index (χ4v) is 3.81. The summed E-state index contributed by atoms with van der Waals surface area (Å²) < 4.78 is 1.45. The van der Waals surface area contributed by atoms with Crippen LogP contribution >= 0.6 is 55.1 Å². The van der Waals surface area contributed by atoms with Crippen LogP contribution < -0.4 is 5.56 Å². The molecule has 0 amide bonds. The number of nitrogens with zero attached hydrogens (tertiary/aromatic N) is 1. The van der Waals surface area contributed by atoms with Crippen molar-refractivity contribution in [1.82, 2.24) is 9.97 Å². The summed E-state index contributed by atoms with van der Waals surface area (Å²) in [6.45, 7) is 0. The van der Waals surface area contributed by atoms with Crippen LogP contribution in [0.5, 0.6) is 5.75 Å². The van der Waals surface area contributed by atoms with Crippen molar-refractivity contribution in [3.8, 4) is 17.1 Å². The number of aromatic amines is 1. The fraction of sp³-hybridized carbons (Fsp3) is 0. The first-order chi connectivity index (χ1) is 10.4. The van der Waals surface area contributed by atoms with E-state index in [0.29, 0.717) is 26.8 Å². The highest BCUT2D eigenvalue weighted by Gasteiger charge is 2.13. The molecule has 4 nitrogen and oxygen atoms in total. The molecule has 0 radical (unpaired) electrons. The Morgan fingerprint density at radius 3 is 2.36 bits per heavy atom. The molecule has 0 aliphatic carbocycles. The van der Waals surface area contributed by atoms with E-state index in [-0.39, 0.29) is 21.4 Å². The number of rotatable bonds is 1. The second-order valence-corrected chi connectivity index (χ2v) is 7.07. The van der Waals surface area contributed by atoms with Gasteiger partial charge in [-0.25, -0.2) is 4.98 Å². The molecule has 3 rings (SSSR count). The molecule has 0 unspecified atom stereocenters. The number of aromatic nitrogens is 2. The van der Waals surface area contributed by atoms with Crippen molar-refractivity contribution in [2.45, 2.75) is 0 Å². The smallest absolute Gasteiger partial charge is 0.259 e. The van der Waals surface area contributed by atoms with Gasteiger partial charge >= 0.3 is 0 Å². The van der Waals surface area contributed by atoms with Crippen LogP contribution in [0.3, 0.4) is 0 Å². The van der Waals surface area contributed by atoms with Crippen LogP contribution in [0.2, 0.25) is 10.0 Å². The fourth-order valence-electron chi connectivity index (χ4n) is 2.01. The van der Waals surface area contributed by atoms with E-state index in [2.05, 4.69) is 41.8 Å². The Hall–Kier alpha value is -1.08. The van der Waals surface area contributed by atoms with E-state index in [1.54, 1.807) is 12.1 Å². The number of phenols is 1. The molecule has 0 bridgehead atoms. The zero-order valence-corrected chi connectivity index (χ0v) is 15.3. The van der Waals surface area contributed by atoms with Crippen molar-refractivity contribution in [3.05, 3.63) is 53.6 Å². The molecule has 0 aliphatic heterocycles. The molecule has 8 heteroatoms. The SMILES string of the molecule is O=c1[nH]c(-c2cc(Cl)c(O)c(Cl)c2)nc2c(Br)cc(Br)cc12. The Bertz CT molecular complexity index is 950. The summed E-state index contributed by atoms with van der Waals surface area (Å²) in [5.74, 6) is 0.102. The van der Waals surface area contributed by atoms with Crippen LogP contribution in [0, 0.1) is 0 Å². The first-order valence-corrected chi connectivity index (χ1v) is 8.28. The number of halogens is 4. The minimum absolute atomic E-state index is 0.0834. The van der Waals surface area contributed by atoms with Crippen molar-refractivity contribution in [1.29, 1.82) is 0 Å². The van der Waals surface area contributed by atoms with Gasteiger partial charge in [0.25, 0.3) is 5.56 Å². The van der Waals surface area contributed by atoms with Gasteiger partial charge in [-0.3, -0.25) is 4.79 Å². The molecule has 0 saturated heterocycles. The average molecular weight is 465 g/mol. The maximum atomic E-state index is 12.3. The third-order valence-electron chi connectivity index (χ3n) is 3.02. The van der Waals surface area contributed by atoms with Gasteiger partial charge in [0.05, 0.1) is 20.9 Å². The average Bonchev–Trinajstić information content (AvgIpc) is 2.45. The van der Waals surface area contributed by atoms with Gasteiger partial charge in [-0.15, -0.1) is 0 Å². The minimum Gasteiger partial charge on any atom is -0.505 e. The summed E-state index contributed by atoms with van der Waals surface area (Å²) in [6, 6.07) is 6.46. The normalized spacial score (nSPS) is 11.1. The maximum absolute atomic E-state index is 12.3. The predicted octanol–water partition coefficient (Wildman–Crippen LogP) is 5.13. The van der Waals surface area contributed by atoms with Gasteiger partial charge in [0.15, 0.2) is 5.75 Å². The molecule has 0 spiro atoms. The Kier molecular flexibility index (Phi) is 4.20. The van der Waals surface area contributed by atoms with Gasteiger partial charge in [0.2, 0.25) is 0 Å². The summed E-state index contributed by atoms with van der Waals surface area (Å²) in [5, 5.41) is 10.2. The Morgan fingerprint density at radius 1 is 1.09 bits per heavy atom. The van der Waals surface area contributed by atoms with E-state index in [0.717, 1.165) is 4.47 Å². The molecular formula is C14H6Br2Cl2N2O2. The lowest BCUT2D eigenvalue weighted by atomic mass is 10.2. The lowest BCUT2D eigenvalue weighted by Gasteiger charge is -2.07. The van der Waals surface area contributed by atoms with Crippen LogP contribution in [-0.2, 0) is 0 Å². The van der Waals surface area contributed by atoms with E-state index in [1.165, 1.54) is 12.1 Å². The molecule has 2 N–H and O–H groups in total. The van der Waals surface area contributed by atoms with Crippen molar-refractivity contribution in [3.63, 3.8) is 0 Å². The number of H-pyrrole nitrogens is 1. The van der Waals surface area contributed by atoms with Crippen molar-refractivity contribution in [2.75, 3.05) is 0 Å². The van der Waals surface area contributed by atoms with Gasteiger partial charge in [-0.05, 0) is 40.2 Å². The van der Waals surface area contributed by atoms with Crippen molar-refractivity contribution in [2.24, 2.45) is 0 Å². The van der Waals surface area contributed by atoms with Crippen LogP contribution in [0.4, 0.5) is 0 Å². The highest BCUT2D eigenvalue weighted by atomic mass is 79.9. The molecule has 3 aromatic rings. The monoisotopic (exact) mass is 462 g/mol. The zero-order chi connectivity index (χ0) is 16.0. The standard InChI is InChI=1S/C14H6Br2Cl2N2O2/c15-6-3-7-11(8(16)4-6)19-13(20-14(7)22)5-1-9(17)12(21)10(18)2-5/h1-4,21H,(H,19,20,22). The topological polar surface area (TPSA) is 66.0 Å². The third-order valence-corrected chi connectivity index (χ3v) is 4.66. The molecule has 22 heavy (non-hydrogen) atoms. The lowest BCUT2D eigenvalue weighted by molar-refractivity contribution is 0.476. The molecule has 0 atom stereocenters. The molecule has 2 aromatic carbocycles. The number of nitrogens with one attached hydrogen (secondary N) is 1. The quantitative estimate of drug-likeness (QED) is 0.525. The summed E-state index contributed by atoms with van der Waals surface area (Å²) in [4.78, 5) is 19.4. The summed E-state index contributed by atoms with van der Waals surface area (Å²) in [6.07, 6.45) is 0. The van der Waals surface area contributed by atoms with Gasteiger partial charge in [0, 0.05) is 14.5 Å².